The molecule has 1 aromatic carbocycles. The van der Waals surface area contributed by atoms with Crippen LogP contribution in [0.15, 0.2) is 39.9 Å². The van der Waals surface area contributed by atoms with Gasteiger partial charge in [0, 0.05) is 70.7 Å². The maximum absolute atomic E-state index is 13.3. The number of benzene rings is 1. The summed E-state index contributed by atoms with van der Waals surface area (Å²) in [6, 6.07) is 9.52. The summed E-state index contributed by atoms with van der Waals surface area (Å²) in [5, 5.41) is 0. The van der Waals surface area contributed by atoms with Gasteiger partial charge >= 0.3 is 5.69 Å². The Balaban J connectivity index is 1.43. The number of nitrogens with zero attached hydrogens (tertiary/aromatic N) is 5. The summed E-state index contributed by atoms with van der Waals surface area (Å²) in [6.45, 7) is 6.55. The number of hydrogen-bond acceptors (Lipinski definition) is 6. The molecule has 1 aromatic heterocycles. The maximum atomic E-state index is 13.3. The van der Waals surface area contributed by atoms with Crippen LogP contribution in [0.5, 0.6) is 5.75 Å². The zero-order valence-corrected chi connectivity index (χ0v) is 19.7. The van der Waals surface area contributed by atoms with Crippen molar-refractivity contribution in [2.75, 3.05) is 56.2 Å². The molecule has 0 N–H and O–H groups in total. The Kier molecular flexibility index (Phi) is 6.76. The predicted octanol–water partition coefficient (Wildman–Crippen LogP) is 1.14. The molecule has 1 amide bonds. The van der Waals surface area contributed by atoms with E-state index in [0.717, 1.165) is 48.5 Å². The minimum Gasteiger partial charge on any atom is -0.497 e. The lowest BCUT2D eigenvalue weighted by Crippen LogP contribution is -2.53. The van der Waals surface area contributed by atoms with Crippen LogP contribution in [0.1, 0.15) is 19.8 Å². The monoisotopic (exact) mass is 455 g/mol. The van der Waals surface area contributed by atoms with Gasteiger partial charge < -0.3 is 19.4 Å². The summed E-state index contributed by atoms with van der Waals surface area (Å²) in [6.07, 6.45) is 1.68. The molecule has 0 unspecified atom stereocenters. The molecule has 0 spiro atoms. The summed E-state index contributed by atoms with van der Waals surface area (Å²) in [5.41, 5.74) is 0.470. The first-order valence-electron chi connectivity index (χ1n) is 11.7. The van der Waals surface area contributed by atoms with Crippen LogP contribution in [0, 0.1) is 5.92 Å². The summed E-state index contributed by atoms with van der Waals surface area (Å²) in [5.74, 6) is 1.48. The van der Waals surface area contributed by atoms with E-state index in [4.69, 9.17) is 4.74 Å². The van der Waals surface area contributed by atoms with Gasteiger partial charge in [-0.3, -0.25) is 18.7 Å². The molecule has 2 fully saturated rings. The lowest BCUT2D eigenvalue weighted by Gasteiger charge is -2.40. The number of aromatic nitrogens is 2. The van der Waals surface area contributed by atoms with E-state index in [0.29, 0.717) is 32.0 Å². The molecular weight excluding hydrogens is 422 g/mol. The Morgan fingerprint density at radius 3 is 2.52 bits per heavy atom. The summed E-state index contributed by atoms with van der Waals surface area (Å²) in [4.78, 5) is 44.4. The number of anilines is 2. The van der Waals surface area contributed by atoms with Crippen LogP contribution in [-0.4, -0.2) is 66.3 Å². The number of methoxy groups -OCH3 is 1. The summed E-state index contributed by atoms with van der Waals surface area (Å²) < 4.78 is 8.07. The second-order valence-corrected chi connectivity index (χ2v) is 8.73. The van der Waals surface area contributed by atoms with Crippen molar-refractivity contribution >= 4 is 17.4 Å². The molecule has 2 saturated heterocycles. The van der Waals surface area contributed by atoms with Gasteiger partial charge in [0.2, 0.25) is 5.91 Å². The van der Waals surface area contributed by atoms with Gasteiger partial charge in [0.1, 0.15) is 11.6 Å². The zero-order valence-electron chi connectivity index (χ0n) is 19.7. The van der Waals surface area contributed by atoms with Gasteiger partial charge in [-0.15, -0.1) is 0 Å². The van der Waals surface area contributed by atoms with E-state index in [1.807, 2.05) is 34.9 Å². The van der Waals surface area contributed by atoms with Crippen molar-refractivity contribution in [3.63, 3.8) is 0 Å². The van der Waals surface area contributed by atoms with Crippen molar-refractivity contribution in [1.29, 1.82) is 0 Å². The van der Waals surface area contributed by atoms with E-state index < -0.39 is 0 Å². The van der Waals surface area contributed by atoms with E-state index >= 15 is 0 Å². The Morgan fingerprint density at radius 2 is 1.82 bits per heavy atom. The fourth-order valence-corrected chi connectivity index (χ4v) is 4.85. The molecule has 178 valence electrons. The van der Waals surface area contributed by atoms with Crippen LogP contribution in [0.25, 0.3) is 0 Å². The average molecular weight is 456 g/mol. The molecule has 2 aromatic rings. The van der Waals surface area contributed by atoms with Crippen molar-refractivity contribution in [3.05, 3.63) is 51.2 Å². The smallest absolute Gasteiger partial charge is 0.332 e. The third-order valence-corrected chi connectivity index (χ3v) is 6.80. The first kappa shape index (κ1) is 22.9. The summed E-state index contributed by atoms with van der Waals surface area (Å²) in [7, 11) is 3.16. The van der Waals surface area contributed by atoms with Gasteiger partial charge in [0.15, 0.2) is 0 Å². The number of piperidine rings is 1. The number of carbonyl (C=O) groups is 1. The lowest BCUT2D eigenvalue weighted by molar-refractivity contribution is -0.136. The molecule has 1 atom stereocenters. The van der Waals surface area contributed by atoms with Crippen LogP contribution in [0.4, 0.5) is 11.5 Å². The normalized spacial score (nSPS) is 19.0. The number of hydrogen-bond donors (Lipinski definition) is 0. The average Bonchev–Trinajstić information content (AvgIpc) is 2.87. The van der Waals surface area contributed by atoms with Gasteiger partial charge in [-0.1, -0.05) is 6.07 Å². The molecule has 9 heteroatoms. The van der Waals surface area contributed by atoms with E-state index in [2.05, 4.69) is 11.0 Å². The minimum atomic E-state index is -0.318. The third kappa shape index (κ3) is 4.62. The molecule has 0 bridgehead atoms. The molecular formula is C24H33N5O4. The first-order valence-corrected chi connectivity index (χ1v) is 11.7. The van der Waals surface area contributed by atoms with Crippen molar-refractivity contribution in [1.82, 2.24) is 14.0 Å². The molecule has 0 saturated carbocycles. The summed E-state index contributed by atoms with van der Waals surface area (Å²) >= 11 is 0. The van der Waals surface area contributed by atoms with Crippen molar-refractivity contribution in [3.8, 4) is 5.75 Å². The quantitative estimate of drug-likeness (QED) is 0.673. The molecule has 2 aliphatic rings. The number of rotatable bonds is 5. The Morgan fingerprint density at radius 1 is 1.06 bits per heavy atom. The van der Waals surface area contributed by atoms with Crippen molar-refractivity contribution in [2.24, 2.45) is 13.0 Å². The standard InChI is InChI=1S/C24H33N5O4/c1-4-29-21(16-22(30)25(2)24(29)32)28-10-6-7-18(17-28)23(31)27-13-11-26(12-14-27)19-8-5-9-20(15-19)33-3/h5,8-9,15-16,18H,4,6-7,10-14,17H2,1-3H3/t18-/m0/s1. The second kappa shape index (κ2) is 9.72. The van der Waals surface area contributed by atoms with Crippen LogP contribution in [-0.2, 0) is 18.4 Å². The molecule has 0 aliphatic carbocycles. The highest BCUT2D eigenvalue weighted by atomic mass is 16.5. The third-order valence-electron chi connectivity index (χ3n) is 6.80. The molecule has 0 radical (unpaired) electrons. The number of carbonyl (C=O) groups excluding carboxylic acids is 1. The molecule has 2 aliphatic heterocycles. The van der Waals surface area contributed by atoms with Crippen LogP contribution < -0.4 is 25.8 Å². The van der Waals surface area contributed by atoms with Gasteiger partial charge in [-0.05, 0) is 31.9 Å². The highest BCUT2D eigenvalue weighted by Crippen LogP contribution is 2.26. The SMILES string of the molecule is CCn1c(N2CCC[C@H](C(=O)N3CCN(c4cccc(OC)c4)CC3)C2)cc(=O)n(C)c1=O. The maximum Gasteiger partial charge on any atom is 0.332 e. The Labute approximate surface area is 193 Å². The van der Waals surface area contributed by atoms with Crippen LogP contribution in [0.3, 0.4) is 0 Å². The topological polar surface area (TPSA) is 80.0 Å². The molecule has 4 rings (SSSR count). The first-order chi connectivity index (χ1) is 15.9. The second-order valence-electron chi connectivity index (χ2n) is 8.73. The number of amides is 1. The fraction of sp³-hybridized carbons (Fsp3) is 0.542. The van der Waals surface area contributed by atoms with E-state index in [-0.39, 0.29) is 23.1 Å². The minimum absolute atomic E-state index is 0.133. The van der Waals surface area contributed by atoms with Crippen molar-refractivity contribution in [2.45, 2.75) is 26.3 Å². The van der Waals surface area contributed by atoms with E-state index in [9.17, 15) is 14.4 Å². The van der Waals surface area contributed by atoms with Crippen LogP contribution >= 0.6 is 0 Å². The number of ether oxygens (including phenoxy) is 1. The van der Waals surface area contributed by atoms with E-state index in [1.165, 1.54) is 13.1 Å². The van der Waals surface area contributed by atoms with Gasteiger partial charge in [-0.25, -0.2) is 4.79 Å². The largest absolute Gasteiger partial charge is 0.497 e. The molecule has 33 heavy (non-hydrogen) atoms. The highest BCUT2D eigenvalue weighted by molar-refractivity contribution is 5.80. The predicted molar refractivity (Wildman–Crippen MR) is 128 cm³/mol. The number of piperazine rings is 1. The Hall–Kier alpha value is -3.23. The van der Waals surface area contributed by atoms with Gasteiger partial charge in [-0.2, -0.15) is 0 Å². The highest BCUT2D eigenvalue weighted by Gasteiger charge is 2.32. The molecule has 3 heterocycles. The zero-order chi connectivity index (χ0) is 23.5. The van der Waals surface area contributed by atoms with Crippen molar-refractivity contribution < 1.29 is 9.53 Å². The molecule has 9 nitrogen and oxygen atoms in total. The Bertz CT molecular complexity index is 1120. The fourth-order valence-electron chi connectivity index (χ4n) is 4.85. The van der Waals surface area contributed by atoms with Gasteiger partial charge in [0.25, 0.3) is 5.56 Å². The van der Waals surface area contributed by atoms with Gasteiger partial charge in [0.05, 0.1) is 13.0 Å². The van der Waals surface area contributed by atoms with E-state index in [1.54, 1.807) is 11.7 Å². The lowest BCUT2D eigenvalue weighted by atomic mass is 9.96. The van der Waals surface area contributed by atoms with Crippen LogP contribution in [0.2, 0.25) is 0 Å².